The van der Waals surface area contributed by atoms with Gasteiger partial charge >= 0.3 is 0 Å². The van der Waals surface area contributed by atoms with Crippen LogP contribution in [0.4, 0.5) is 5.69 Å². The molecule has 0 saturated carbocycles. The zero-order chi connectivity index (χ0) is 22.0. The van der Waals surface area contributed by atoms with Crippen LogP contribution in [-0.2, 0) is 21.4 Å². The van der Waals surface area contributed by atoms with Gasteiger partial charge in [0.25, 0.3) is 15.9 Å². The summed E-state index contributed by atoms with van der Waals surface area (Å²) >= 11 is 0. The maximum Gasteiger partial charge on any atom is 0.264 e. The molecular weight excluding hydrogens is 412 g/mol. The van der Waals surface area contributed by atoms with Gasteiger partial charge in [0, 0.05) is 6.54 Å². The third-order valence-electron chi connectivity index (χ3n) is 5.19. The second-order valence-electron chi connectivity index (χ2n) is 7.63. The van der Waals surface area contributed by atoms with Crippen molar-refractivity contribution in [1.29, 1.82) is 0 Å². The van der Waals surface area contributed by atoms with Crippen molar-refractivity contribution in [2.24, 2.45) is 0 Å². The van der Waals surface area contributed by atoms with Crippen molar-refractivity contribution in [2.75, 3.05) is 10.8 Å². The van der Waals surface area contributed by atoms with Crippen LogP contribution in [0, 0.1) is 13.8 Å². The molecule has 1 aliphatic rings. The van der Waals surface area contributed by atoms with Crippen molar-refractivity contribution in [2.45, 2.75) is 31.4 Å². The number of hydrogen-bond donors (Lipinski definition) is 1. The SMILES string of the molecule is Cc1ccc(S(=O)(=O)N2CC(C(=O)NCc3cccc(C)c3)Oc3ccccc32)cc1. The number of benzene rings is 3. The number of nitrogens with one attached hydrogen (secondary N) is 1. The third kappa shape index (κ3) is 4.41. The number of carbonyl (C=O) groups excluding carboxylic acids is 1. The quantitative estimate of drug-likeness (QED) is 0.663. The standard InChI is InChI=1S/C24H24N2O4S/c1-17-10-12-20(13-11-17)31(28,29)26-16-23(30-22-9-4-3-8-21(22)26)24(27)25-15-19-7-5-6-18(2)14-19/h3-14,23H,15-16H2,1-2H3,(H,25,27). The van der Waals surface area contributed by atoms with Gasteiger partial charge in [0.15, 0.2) is 6.10 Å². The van der Waals surface area contributed by atoms with Gasteiger partial charge in [-0.05, 0) is 43.7 Å². The number of ether oxygens (including phenoxy) is 1. The molecule has 1 unspecified atom stereocenters. The predicted octanol–water partition coefficient (Wildman–Crippen LogP) is 3.58. The number of sulfonamides is 1. The Morgan fingerprint density at radius 2 is 1.74 bits per heavy atom. The first-order chi connectivity index (χ1) is 14.8. The zero-order valence-corrected chi connectivity index (χ0v) is 18.2. The fraction of sp³-hybridized carbons (Fsp3) is 0.208. The van der Waals surface area contributed by atoms with Crippen molar-refractivity contribution in [1.82, 2.24) is 5.32 Å². The fourth-order valence-corrected chi connectivity index (χ4v) is 5.00. The largest absolute Gasteiger partial charge is 0.476 e. The summed E-state index contributed by atoms with van der Waals surface area (Å²) in [7, 11) is -3.86. The van der Waals surface area contributed by atoms with Crippen LogP contribution in [0.5, 0.6) is 5.75 Å². The second-order valence-corrected chi connectivity index (χ2v) is 9.49. The van der Waals surface area contributed by atoms with E-state index < -0.39 is 16.1 Å². The highest BCUT2D eigenvalue weighted by Gasteiger charge is 2.37. The molecule has 1 N–H and O–H groups in total. The van der Waals surface area contributed by atoms with Crippen LogP contribution < -0.4 is 14.4 Å². The Morgan fingerprint density at radius 1 is 1.00 bits per heavy atom. The van der Waals surface area contributed by atoms with Crippen molar-refractivity contribution < 1.29 is 17.9 Å². The Kier molecular flexibility index (Phi) is 5.69. The maximum atomic E-state index is 13.4. The summed E-state index contributed by atoms with van der Waals surface area (Å²) in [6, 6.07) is 21.4. The molecule has 1 amide bonds. The normalized spacial score (nSPS) is 15.7. The van der Waals surface area contributed by atoms with Crippen LogP contribution in [0.25, 0.3) is 0 Å². The van der Waals surface area contributed by atoms with Gasteiger partial charge in [-0.3, -0.25) is 9.10 Å². The number of anilines is 1. The maximum absolute atomic E-state index is 13.4. The highest BCUT2D eigenvalue weighted by molar-refractivity contribution is 7.92. The zero-order valence-electron chi connectivity index (χ0n) is 17.4. The molecule has 3 aromatic rings. The van der Waals surface area contributed by atoms with Crippen LogP contribution in [-0.4, -0.2) is 27.0 Å². The lowest BCUT2D eigenvalue weighted by molar-refractivity contribution is -0.127. The Hall–Kier alpha value is -3.32. The van der Waals surface area contributed by atoms with Gasteiger partial charge in [0.05, 0.1) is 17.1 Å². The van der Waals surface area contributed by atoms with Gasteiger partial charge in [-0.1, -0.05) is 59.7 Å². The highest BCUT2D eigenvalue weighted by Crippen LogP contribution is 2.36. The summed E-state index contributed by atoms with van der Waals surface area (Å²) in [5.74, 6) is 0.000238. The number of rotatable bonds is 5. The van der Waals surface area contributed by atoms with E-state index in [1.807, 2.05) is 38.1 Å². The van der Waals surface area contributed by atoms with Crippen LogP contribution in [0.1, 0.15) is 16.7 Å². The minimum Gasteiger partial charge on any atom is -0.476 e. The second kappa shape index (κ2) is 8.43. The monoisotopic (exact) mass is 436 g/mol. The number of amides is 1. The molecule has 0 aliphatic carbocycles. The van der Waals surface area contributed by atoms with E-state index in [0.29, 0.717) is 18.0 Å². The first-order valence-corrected chi connectivity index (χ1v) is 11.5. The Morgan fingerprint density at radius 3 is 2.48 bits per heavy atom. The lowest BCUT2D eigenvalue weighted by Gasteiger charge is -2.34. The van der Waals surface area contributed by atoms with Gasteiger partial charge in [-0.15, -0.1) is 0 Å². The van der Waals surface area contributed by atoms with Crippen molar-refractivity contribution in [3.05, 3.63) is 89.5 Å². The lowest BCUT2D eigenvalue weighted by Crippen LogP contribution is -2.50. The van der Waals surface area contributed by atoms with E-state index in [4.69, 9.17) is 4.74 Å². The number of para-hydroxylation sites is 2. The lowest BCUT2D eigenvalue weighted by atomic mass is 10.1. The Balaban J connectivity index is 1.59. The molecule has 0 bridgehead atoms. The van der Waals surface area contributed by atoms with Crippen molar-refractivity contribution in [3.63, 3.8) is 0 Å². The van der Waals surface area contributed by atoms with E-state index in [2.05, 4.69) is 5.32 Å². The van der Waals surface area contributed by atoms with Crippen LogP contribution in [0.15, 0.2) is 77.7 Å². The molecule has 7 heteroatoms. The van der Waals surface area contributed by atoms with Gasteiger partial charge in [0.1, 0.15) is 5.75 Å². The van der Waals surface area contributed by atoms with E-state index >= 15 is 0 Å². The molecule has 0 fully saturated rings. The number of nitrogens with zero attached hydrogens (tertiary/aromatic N) is 1. The topological polar surface area (TPSA) is 75.7 Å². The molecule has 31 heavy (non-hydrogen) atoms. The fourth-order valence-electron chi connectivity index (χ4n) is 3.53. The Labute approximate surface area is 182 Å². The van der Waals surface area contributed by atoms with Crippen LogP contribution >= 0.6 is 0 Å². The summed E-state index contributed by atoms with van der Waals surface area (Å²) < 4.78 is 33.9. The first kappa shape index (κ1) is 20.9. The van der Waals surface area contributed by atoms with E-state index in [1.165, 1.54) is 4.31 Å². The van der Waals surface area contributed by atoms with E-state index in [-0.39, 0.29) is 17.3 Å². The molecule has 1 atom stereocenters. The number of aryl methyl sites for hydroxylation is 2. The molecule has 1 heterocycles. The molecule has 4 rings (SSSR count). The Bertz CT molecular complexity index is 1210. The van der Waals surface area contributed by atoms with E-state index in [1.54, 1.807) is 48.5 Å². The molecule has 3 aromatic carbocycles. The van der Waals surface area contributed by atoms with Crippen molar-refractivity contribution in [3.8, 4) is 5.75 Å². The highest BCUT2D eigenvalue weighted by atomic mass is 32.2. The van der Waals surface area contributed by atoms with Crippen molar-refractivity contribution >= 4 is 21.6 Å². The molecular formula is C24H24N2O4S. The van der Waals surface area contributed by atoms with Crippen LogP contribution in [0.3, 0.4) is 0 Å². The first-order valence-electron chi connectivity index (χ1n) is 10.0. The van der Waals surface area contributed by atoms with Gasteiger partial charge in [-0.2, -0.15) is 0 Å². The average molecular weight is 437 g/mol. The molecule has 0 saturated heterocycles. The molecule has 160 valence electrons. The molecule has 6 nitrogen and oxygen atoms in total. The summed E-state index contributed by atoms with van der Waals surface area (Å²) in [5, 5.41) is 2.86. The predicted molar refractivity (Wildman–Crippen MR) is 120 cm³/mol. The van der Waals surface area contributed by atoms with E-state index in [9.17, 15) is 13.2 Å². The molecule has 0 aromatic heterocycles. The summed E-state index contributed by atoms with van der Waals surface area (Å²) in [6.45, 7) is 4.12. The van der Waals surface area contributed by atoms with E-state index in [0.717, 1.165) is 16.7 Å². The summed E-state index contributed by atoms with van der Waals surface area (Å²) in [4.78, 5) is 13.0. The number of carbonyl (C=O) groups is 1. The van der Waals surface area contributed by atoms with Gasteiger partial charge in [-0.25, -0.2) is 8.42 Å². The minimum absolute atomic E-state index is 0.104. The summed E-state index contributed by atoms with van der Waals surface area (Å²) in [6.07, 6.45) is -0.958. The number of fused-ring (bicyclic) bond motifs is 1. The smallest absolute Gasteiger partial charge is 0.264 e. The van der Waals surface area contributed by atoms with Crippen LogP contribution in [0.2, 0.25) is 0 Å². The minimum atomic E-state index is -3.86. The average Bonchev–Trinajstić information content (AvgIpc) is 2.77. The summed E-state index contributed by atoms with van der Waals surface area (Å²) in [5.41, 5.74) is 3.46. The molecule has 0 radical (unpaired) electrons. The molecule has 0 spiro atoms. The third-order valence-corrected chi connectivity index (χ3v) is 6.98. The van der Waals surface area contributed by atoms with Gasteiger partial charge in [0.2, 0.25) is 0 Å². The van der Waals surface area contributed by atoms with Gasteiger partial charge < -0.3 is 10.1 Å². The molecule has 1 aliphatic heterocycles. The number of hydrogen-bond acceptors (Lipinski definition) is 4.